The van der Waals surface area contributed by atoms with E-state index in [0.717, 1.165) is 39.9 Å². The second-order valence-corrected chi connectivity index (χ2v) is 11.9. The van der Waals surface area contributed by atoms with Crippen molar-refractivity contribution in [3.8, 4) is 0 Å². The summed E-state index contributed by atoms with van der Waals surface area (Å²) in [5, 5.41) is 0.578. The minimum absolute atomic E-state index is 0.0706. The lowest BCUT2D eigenvalue weighted by Crippen LogP contribution is -2.31. The molecule has 0 spiro atoms. The van der Waals surface area contributed by atoms with Crippen LogP contribution in [0, 0.1) is 13.8 Å². The highest BCUT2D eigenvalue weighted by Crippen LogP contribution is 2.34. The molecule has 0 saturated heterocycles. The molecular formula is C26H26N4O3S2. The van der Waals surface area contributed by atoms with Crippen molar-refractivity contribution < 1.29 is 13.2 Å². The fraction of sp³-hybridized carbons (Fsp3) is 0.269. The van der Waals surface area contributed by atoms with Gasteiger partial charge in [0.1, 0.15) is 0 Å². The van der Waals surface area contributed by atoms with Crippen molar-refractivity contribution in [2.24, 2.45) is 0 Å². The molecule has 2 heterocycles. The monoisotopic (exact) mass is 506 g/mol. The summed E-state index contributed by atoms with van der Waals surface area (Å²) in [5.41, 5.74) is 4.20. The molecule has 9 heteroatoms. The second-order valence-electron chi connectivity index (χ2n) is 8.92. The quantitative estimate of drug-likeness (QED) is 0.355. The summed E-state index contributed by atoms with van der Waals surface area (Å²) in [6.45, 7) is 4.32. The van der Waals surface area contributed by atoms with E-state index in [4.69, 9.17) is 4.98 Å². The number of sulfonamides is 1. The van der Waals surface area contributed by atoms with Crippen molar-refractivity contribution >= 4 is 42.6 Å². The standard InChI is InChI=1S/C26H26N4O3S2/c1-17-14-18(2)24-23(15-17)28-26(34-24)30(16-20-6-4-5-13-27-20)25(31)19-7-11-22(12-8-19)35(32,33)29(3)21-9-10-21/h4-8,11-15,21H,9-10,16H2,1-3H3. The van der Waals surface area contributed by atoms with E-state index in [1.165, 1.54) is 27.8 Å². The minimum atomic E-state index is -3.58. The predicted octanol–water partition coefficient (Wildman–Crippen LogP) is 4.94. The molecule has 0 bridgehead atoms. The number of pyridine rings is 1. The molecule has 180 valence electrons. The average molecular weight is 507 g/mol. The summed E-state index contributed by atoms with van der Waals surface area (Å²) in [5.74, 6) is -0.261. The zero-order valence-corrected chi connectivity index (χ0v) is 21.4. The van der Waals surface area contributed by atoms with E-state index in [9.17, 15) is 13.2 Å². The van der Waals surface area contributed by atoms with Gasteiger partial charge < -0.3 is 0 Å². The van der Waals surface area contributed by atoms with Crippen molar-refractivity contribution in [2.75, 3.05) is 11.9 Å². The van der Waals surface area contributed by atoms with Crippen molar-refractivity contribution in [1.29, 1.82) is 0 Å². The van der Waals surface area contributed by atoms with Gasteiger partial charge in [0.05, 0.1) is 27.4 Å². The molecule has 0 N–H and O–H groups in total. The maximum atomic E-state index is 13.7. The maximum Gasteiger partial charge on any atom is 0.260 e. The number of carbonyl (C=O) groups is 1. The molecule has 1 fully saturated rings. The Morgan fingerprint density at radius 3 is 2.49 bits per heavy atom. The van der Waals surface area contributed by atoms with E-state index in [2.05, 4.69) is 11.1 Å². The van der Waals surface area contributed by atoms with Crippen LogP contribution in [0.5, 0.6) is 0 Å². The number of benzene rings is 2. The molecule has 7 nitrogen and oxygen atoms in total. The molecule has 0 radical (unpaired) electrons. The third-order valence-electron chi connectivity index (χ3n) is 6.17. The van der Waals surface area contributed by atoms with Crippen LogP contribution in [-0.2, 0) is 16.6 Å². The first-order chi connectivity index (χ1) is 16.7. The van der Waals surface area contributed by atoms with Crippen LogP contribution >= 0.6 is 11.3 Å². The number of amides is 1. The van der Waals surface area contributed by atoms with Gasteiger partial charge in [0, 0.05) is 24.8 Å². The summed E-state index contributed by atoms with van der Waals surface area (Å²) < 4.78 is 28.2. The molecule has 1 aliphatic rings. The number of fused-ring (bicyclic) bond motifs is 1. The van der Waals surface area contributed by atoms with E-state index >= 15 is 0 Å². The van der Waals surface area contributed by atoms with Crippen LogP contribution in [0.15, 0.2) is 65.7 Å². The first-order valence-corrected chi connectivity index (χ1v) is 13.7. The SMILES string of the molecule is Cc1cc(C)c2sc(N(Cc3ccccn3)C(=O)c3ccc(S(=O)(=O)N(C)C4CC4)cc3)nc2c1. The van der Waals surface area contributed by atoms with Gasteiger partial charge >= 0.3 is 0 Å². The van der Waals surface area contributed by atoms with Crippen molar-refractivity contribution in [3.63, 3.8) is 0 Å². The Hall–Kier alpha value is -3.14. The van der Waals surface area contributed by atoms with Crippen LogP contribution < -0.4 is 4.90 Å². The summed E-state index contributed by atoms with van der Waals surface area (Å²) in [7, 11) is -1.97. The Bertz CT molecular complexity index is 1500. The fourth-order valence-electron chi connectivity index (χ4n) is 4.09. The molecule has 5 rings (SSSR count). The van der Waals surface area contributed by atoms with E-state index in [0.29, 0.717) is 10.7 Å². The second kappa shape index (κ2) is 9.14. The number of anilines is 1. The van der Waals surface area contributed by atoms with Gasteiger partial charge in [-0.05, 0) is 80.3 Å². The number of rotatable bonds is 7. The number of thiazole rings is 1. The van der Waals surface area contributed by atoms with Gasteiger partial charge in [-0.15, -0.1) is 0 Å². The molecule has 0 atom stereocenters. The molecule has 1 saturated carbocycles. The Balaban J connectivity index is 1.50. The number of aryl methyl sites for hydroxylation is 2. The van der Waals surface area contributed by atoms with Gasteiger partial charge in [-0.3, -0.25) is 14.7 Å². The zero-order chi connectivity index (χ0) is 24.7. The lowest BCUT2D eigenvalue weighted by molar-refractivity contribution is 0.0984. The van der Waals surface area contributed by atoms with Crippen LogP contribution in [0.3, 0.4) is 0 Å². The molecule has 0 unspecified atom stereocenters. The molecule has 2 aromatic carbocycles. The van der Waals surface area contributed by atoms with E-state index in [1.54, 1.807) is 30.3 Å². The highest BCUT2D eigenvalue weighted by Gasteiger charge is 2.35. The highest BCUT2D eigenvalue weighted by atomic mass is 32.2. The lowest BCUT2D eigenvalue weighted by atomic mass is 10.1. The number of hydrogen-bond donors (Lipinski definition) is 0. The molecule has 0 aliphatic heterocycles. The summed E-state index contributed by atoms with van der Waals surface area (Å²) in [4.78, 5) is 24.7. The molecule has 1 amide bonds. The van der Waals surface area contributed by atoms with Gasteiger partial charge in [-0.25, -0.2) is 13.4 Å². The van der Waals surface area contributed by atoms with Crippen molar-refractivity contribution in [2.45, 2.75) is 44.2 Å². The van der Waals surface area contributed by atoms with Crippen molar-refractivity contribution in [3.05, 3.63) is 83.2 Å². The number of carbonyl (C=O) groups excluding carboxylic acids is 1. The zero-order valence-electron chi connectivity index (χ0n) is 19.8. The Morgan fingerprint density at radius 1 is 1.09 bits per heavy atom. The molecule has 2 aromatic heterocycles. The average Bonchev–Trinajstić information content (AvgIpc) is 3.61. The van der Waals surface area contributed by atoms with E-state index in [-0.39, 0.29) is 23.4 Å². The number of aromatic nitrogens is 2. The topological polar surface area (TPSA) is 83.5 Å². The first-order valence-electron chi connectivity index (χ1n) is 11.4. The lowest BCUT2D eigenvalue weighted by Gasteiger charge is -2.20. The minimum Gasteiger partial charge on any atom is -0.278 e. The Labute approximate surface area is 209 Å². The third-order valence-corrected chi connectivity index (χ3v) is 9.32. The summed E-state index contributed by atoms with van der Waals surface area (Å²) in [6.07, 6.45) is 3.46. The van der Waals surface area contributed by atoms with Crippen LogP contribution in [0.4, 0.5) is 5.13 Å². The van der Waals surface area contributed by atoms with Crippen LogP contribution in [-0.4, -0.2) is 41.7 Å². The maximum absolute atomic E-state index is 13.7. The van der Waals surface area contributed by atoms with E-state index < -0.39 is 10.0 Å². The van der Waals surface area contributed by atoms with Crippen LogP contribution in [0.1, 0.15) is 40.0 Å². The number of hydrogen-bond acceptors (Lipinski definition) is 6. The van der Waals surface area contributed by atoms with Crippen molar-refractivity contribution in [1.82, 2.24) is 14.3 Å². The van der Waals surface area contributed by atoms with Gasteiger partial charge in [-0.1, -0.05) is 23.5 Å². The third kappa shape index (κ3) is 4.71. The summed E-state index contributed by atoms with van der Waals surface area (Å²) in [6, 6.07) is 15.9. The van der Waals surface area contributed by atoms with Gasteiger partial charge in [0.2, 0.25) is 10.0 Å². The first kappa shape index (κ1) is 23.6. The molecular weight excluding hydrogens is 480 g/mol. The summed E-state index contributed by atoms with van der Waals surface area (Å²) >= 11 is 1.47. The van der Waals surface area contributed by atoms with Gasteiger partial charge in [-0.2, -0.15) is 4.31 Å². The molecule has 1 aliphatic carbocycles. The predicted molar refractivity (Wildman–Crippen MR) is 138 cm³/mol. The Morgan fingerprint density at radius 2 is 1.83 bits per heavy atom. The highest BCUT2D eigenvalue weighted by molar-refractivity contribution is 7.89. The molecule has 4 aromatic rings. The van der Waals surface area contributed by atoms with Gasteiger partial charge in [0.25, 0.3) is 5.91 Å². The normalized spacial score (nSPS) is 13.9. The fourth-order valence-corrected chi connectivity index (χ4v) is 6.52. The van der Waals surface area contributed by atoms with Crippen LogP contribution in [0.2, 0.25) is 0 Å². The smallest absolute Gasteiger partial charge is 0.260 e. The number of nitrogens with zero attached hydrogens (tertiary/aromatic N) is 4. The van der Waals surface area contributed by atoms with E-state index in [1.807, 2.05) is 38.1 Å². The van der Waals surface area contributed by atoms with Gasteiger partial charge in [0.15, 0.2) is 5.13 Å². The largest absolute Gasteiger partial charge is 0.278 e. The molecule has 35 heavy (non-hydrogen) atoms. The van der Waals surface area contributed by atoms with Crippen LogP contribution in [0.25, 0.3) is 10.2 Å². The Kier molecular flexibility index (Phi) is 6.16.